The van der Waals surface area contributed by atoms with Crippen molar-refractivity contribution >= 4 is 23.2 Å². The zero-order chi connectivity index (χ0) is 13.0. The monoisotopic (exact) mass is 289 g/mol. The van der Waals surface area contributed by atoms with Crippen LogP contribution in [0.1, 0.15) is 37.7 Å². The lowest BCUT2D eigenvalue weighted by molar-refractivity contribution is 0.464. The van der Waals surface area contributed by atoms with Crippen molar-refractivity contribution in [1.82, 2.24) is 5.32 Å². The second-order valence-electron chi connectivity index (χ2n) is 4.89. The minimum Gasteiger partial charge on any atom is -0.308 e. The third-order valence-electron chi connectivity index (χ3n) is 3.48. The van der Waals surface area contributed by atoms with Crippen LogP contribution in [0.2, 0.25) is 5.02 Å². The van der Waals surface area contributed by atoms with E-state index < -0.39 is 0 Å². The van der Waals surface area contributed by atoms with Gasteiger partial charge in [0.25, 0.3) is 0 Å². The van der Waals surface area contributed by atoms with E-state index in [-0.39, 0.29) is 16.2 Å². The second kappa shape index (κ2) is 6.74. The number of alkyl halides is 1. The molecule has 0 heterocycles. The molecule has 0 aromatic heterocycles. The minimum atomic E-state index is -0.370. The van der Waals surface area contributed by atoms with Crippen LogP contribution in [0.15, 0.2) is 18.2 Å². The van der Waals surface area contributed by atoms with E-state index in [1.165, 1.54) is 25.3 Å². The van der Waals surface area contributed by atoms with Crippen LogP contribution in [-0.4, -0.2) is 11.4 Å². The van der Waals surface area contributed by atoms with Crippen molar-refractivity contribution in [2.45, 2.75) is 50.1 Å². The molecule has 1 aliphatic carbocycles. The van der Waals surface area contributed by atoms with Crippen molar-refractivity contribution in [2.24, 2.45) is 0 Å². The van der Waals surface area contributed by atoms with Crippen molar-refractivity contribution in [3.05, 3.63) is 34.6 Å². The molecule has 1 nitrogen and oxygen atoms in total. The van der Waals surface area contributed by atoms with Crippen molar-refractivity contribution in [1.29, 1.82) is 0 Å². The molecule has 1 fully saturated rings. The topological polar surface area (TPSA) is 12.0 Å². The highest BCUT2D eigenvalue weighted by Crippen LogP contribution is 2.23. The molecule has 0 spiro atoms. The number of rotatable bonds is 3. The fourth-order valence-corrected chi connectivity index (χ4v) is 2.96. The fraction of sp³-hybridized carbons (Fsp3) is 0.571. The molecular weight excluding hydrogens is 272 g/mol. The Balaban J connectivity index is 1.91. The molecule has 2 unspecified atom stereocenters. The van der Waals surface area contributed by atoms with Crippen LogP contribution in [0, 0.1) is 5.82 Å². The standard InChI is InChI=1S/C14H18Cl2FN/c15-11-4-2-1-3-5-14(11)18-9-10-6-7-13(17)12(16)8-10/h6-8,11,14,18H,1-5,9H2. The molecule has 2 atom stereocenters. The SMILES string of the molecule is Fc1ccc(CNC2CCCCCC2Cl)cc1Cl. The van der Waals surface area contributed by atoms with E-state index in [0.29, 0.717) is 12.6 Å². The van der Waals surface area contributed by atoms with Gasteiger partial charge in [-0.3, -0.25) is 0 Å². The molecule has 2 rings (SSSR count). The molecule has 1 saturated carbocycles. The first kappa shape index (κ1) is 14.1. The summed E-state index contributed by atoms with van der Waals surface area (Å²) in [7, 11) is 0. The Kier molecular flexibility index (Phi) is 5.28. The largest absolute Gasteiger partial charge is 0.308 e. The fourth-order valence-electron chi connectivity index (χ4n) is 2.39. The zero-order valence-corrected chi connectivity index (χ0v) is 11.8. The van der Waals surface area contributed by atoms with Crippen LogP contribution < -0.4 is 5.32 Å². The van der Waals surface area contributed by atoms with Gasteiger partial charge < -0.3 is 5.32 Å². The van der Waals surface area contributed by atoms with Gasteiger partial charge in [-0.1, -0.05) is 36.9 Å². The molecule has 18 heavy (non-hydrogen) atoms. The molecule has 1 aromatic carbocycles. The normalized spacial score (nSPS) is 24.8. The van der Waals surface area contributed by atoms with E-state index >= 15 is 0 Å². The van der Waals surface area contributed by atoms with Gasteiger partial charge in [-0.2, -0.15) is 0 Å². The Labute approximate surface area is 118 Å². The Morgan fingerprint density at radius 3 is 2.78 bits per heavy atom. The summed E-state index contributed by atoms with van der Waals surface area (Å²) < 4.78 is 13.0. The van der Waals surface area contributed by atoms with Gasteiger partial charge in [0.2, 0.25) is 0 Å². The molecule has 1 N–H and O–H groups in total. The maximum absolute atomic E-state index is 13.0. The highest BCUT2D eigenvalue weighted by Gasteiger charge is 2.20. The van der Waals surface area contributed by atoms with Crippen molar-refractivity contribution < 1.29 is 4.39 Å². The van der Waals surface area contributed by atoms with E-state index in [0.717, 1.165) is 18.4 Å². The Bertz CT molecular complexity index is 397. The lowest BCUT2D eigenvalue weighted by Gasteiger charge is -2.21. The summed E-state index contributed by atoms with van der Waals surface area (Å²) in [6.45, 7) is 0.688. The molecule has 0 amide bonds. The summed E-state index contributed by atoms with van der Waals surface area (Å²) >= 11 is 12.1. The molecule has 100 valence electrons. The second-order valence-corrected chi connectivity index (χ2v) is 5.86. The molecule has 1 aliphatic rings. The van der Waals surface area contributed by atoms with Gasteiger partial charge in [0.15, 0.2) is 0 Å². The van der Waals surface area contributed by atoms with Gasteiger partial charge >= 0.3 is 0 Å². The van der Waals surface area contributed by atoms with Crippen LogP contribution in [0.5, 0.6) is 0 Å². The molecule has 0 saturated heterocycles. The quantitative estimate of drug-likeness (QED) is 0.638. The molecular formula is C14H18Cl2FN. The van der Waals surface area contributed by atoms with Gasteiger partial charge in [-0.25, -0.2) is 4.39 Å². The predicted octanol–water partition coefficient (Wildman–Crippen LogP) is 4.51. The molecule has 0 bridgehead atoms. The number of benzene rings is 1. The Morgan fingerprint density at radius 1 is 1.22 bits per heavy atom. The van der Waals surface area contributed by atoms with Gasteiger partial charge in [0.05, 0.1) is 5.02 Å². The minimum absolute atomic E-state index is 0.178. The smallest absolute Gasteiger partial charge is 0.141 e. The van der Waals surface area contributed by atoms with Gasteiger partial charge in [-0.05, 0) is 30.5 Å². The van der Waals surface area contributed by atoms with E-state index in [1.54, 1.807) is 12.1 Å². The third kappa shape index (κ3) is 3.84. The van der Waals surface area contributed by atoms with E-state index in [9.17, 15) is 4.39 Å². The van der Waals surface area contributed by atoms with Crippen LogP contribution in [0.4, 0.5) is 4.39 Å². The van der Waals surface area contributed by atoms with E-state index in [1.807, 2.05) is 0 Å². The number of hydrogen-bond donors (Lipinski definition) is 1. The molecule has 1 aromatic rings. The van der Waals surface area contributed by atoms with Crippen LogP contribution in [-0.2, 0) is 6.54 Å². The van der Waals surface area contributed by atoms with Gasteiger partial charge in [-0.15, -0.1) is 11.6 Å². The first-order chi connectivity index (χ1) is 8.66. The van der Waals surface area contributed by atoms with Crippen molar-refractivity contribution in [3.63, 3.8) is 0 Å². The average Bonchev–Trinajstić information content (AvgIpc) is 2.56. The zero-order valence-electron chi connectivity index (χ0n) is 10.3. The highest BCUT2D eigenvalue weighted by atomic mass is 35.5. The summed E-state index contributed by atoms with van der Waals surface area (Å²) in [5, 5.41) is 3.84. The summed E-state index contributed by atoms with van der Waals surface area (Å²) in [6.07, 6.45) is 5.90. The summed E-state index contributed by atoms with van der Waals surface area (Å²) in [6, 6.07) is 5.18. The summed E-state index contributed by atoms with van der Waals surface area (Å²) in [5.41, 5.74) is 0.995. The van der Waals surface area contributed by atoms with Crippen LogP contribution in [0.25, 0.3) is 0 Å². The summed E-state index contributed by atoms with van der Waals surface area (Å²) in [4.78, 5) is 0. The maximum Gasteiger partial charge on any atom is 0.141 e. The molecule has 4 heteroatoms. The first-order valence-corrected chi connectivity index (χ1v) is 7.29. The average molecular weight is 290 g/mol. The first-order valence-electron chi connectivity index (χ1n) is 6.48. The maximum atomic E-state index is 13.0. The Morgan fingerprint density at radius 2 is 2.00 bits per heavy atom. The molecule has 0 radical (unpaired) electrons. The van der Waals surface area contributed by atoms with Crippen molar-refractivity contribution in [2.75, 3.05) is 0 Å². The number of nitrogens with one attached hydrogen (secondary N) is 1. The number of hydrogen-bond acceptors (Lipinski definition) is 1. The third-order valence-corrected chi connectivity index (χ3v) is 4.30. The summed E-state index contributed by atoms with van der Waals surface area (Å²) in [5.74, 6) is -0.370. The Hall–Kier alpha value is -0.310. The van der Waals surface area contributed by atoms with Gasteiger partial charge in [0.1, 0.15) is 5.82 Å². The van der Waals surface area contributed by atoms with Crippen LogP contribution in [0.3, 0.4) is 0 Å². The lowest BCUT2D eigenvalue weighted by atomic mass is 10.1. The lowest BCUT2D eigenvalue weighted by Crippen LogP contribution is -2.35. The van der Waals surface area contributed by atoms with Crippen LogP contribution >= 0.6 is 23.2 Å². The van der Waals surface area contributed by atoms with Gasteiger partial charge in [0, 0.05) is 18.0 Å². The highest BCUT2D eigenvalue weighted by molar-refractivity contribution is 6.30. The predicted molar refractivity (Wildman–Crippen MR) is 74.8 cm³/mol. The number of halogens is 3. The molecule has 0 aliphatic heterocycles. The van der Waals surface area contributed by atoms with E-state index in [2.05, 4.69) is 5.32 Å². The van der Waals surface area contributed by atoms with Crippen molar-refractivity contribution in [3.8, 4) is 0 Å². The van der Waals surface area contributed by atoms with E-state index in [4.69, 9.17) is 23.2 Å².